The van der Waals surface area contributed by atoms with Crippen LogP contribution in [0.15, 0.2) is 12.1 Å². The predicted molar refractivity (Wildman–Crippen MR) is 54.6 cm³/mol. The Labute approximate surface area is 88.1 Å². The predicted octanol–water partition coefficient (Wildman–Crippen LogP) is 2.47. The van der Waals surface area contributed by atoms with Crippen molar-refractivity contribution >= 4 is 17.6 Å². The summed E-state index contributed by atoms with van der Waals surface area (Å²) in [4.78, 5) is 15.1. The summed E-state index contributed by atoms with van der Waals surface area (Å²) in [6.07, 6.45) is 0.654. The van der Waals surface area contributed by atoms with E-state index in [2.05, 4.69) is 4.98 Å². The maximum atomic E-state index is 11.1. The molecule has 0 bridgehead atoms. The van der Waals surface area contributed by atoms with E-state index in [1.807, 2.05) is 13.8 Å². The van der Waals surface area contributed by atoms with Crippen LogP contribution < -0.4 is 0 Å². The number of fused-ring (bicyclic) bond motifs is 1. The van der Waals surface area contributed by atoms with Crippen LogP contribution in [-0.2, 0) is 11.2 Å². The van der Waals surface area contributed by atoms with Crippen LogP contribution in [0.25, 0.3) is 0 Å². The van der Waals surface area contributed by atoms with Gasteiger partial charge >= 0.3 is 5.97 Å². The molecule has 76 valence electrons. The molecule has 0 spiro atoms. The van der Waals surface area contributed by atoms with Crippen molar-refractivity contribution in [3.63, 3.8) is 0 Å². The van der Waals surface area contributed by atoms with Crippen LogP contribution in [0.1, 0.15) is 29.9 Å². The van der Waals surface area contributed by atoms with Crippen LogP contribution >= 0.6 is 11.6 Å². The van der Waals surface area contributed by atoms with E-state index in [1.54, 1.807) is 12.1 Å². The molecule has 0 N–H and O–H groups in total. The van der Waals surface area contributed by atoms with Crippen molar-refractivity contribution in [2.75, 3.05) is 6.61 Å². The van der Waals surface area contributed by atoms with Gasteiger partial charge in [-0.25, -0.2) is 9.78 Å². The Morgan fingerprint density at radius 2 is 2.14 bits per heavy atom. The molecule has 0 saturated heterocycles. The third kappa shape index (κ3) is 2.23. The molecule has 1 aromatic heterocycles. The number of esters is 1. The smallest absolute Gasteiger partial charge is 0.340 e. The summed E-state index contributed by atoms with van der Waals surface area (Å²) in [6.45, 7) is 4.40. The van der Waals surface area contributed by atoms with Gasteiger partial charge in [0, 0.05) is 6.42 Å². The van der Waals surface area contributed by atoms with E-state index in [9.17, 15) is 4.79 Å². The second-order valence-corrected chi connectivity index (χ2v) is 2.90. The number of hydrogen-bond acceptors (Lipinski definition) is 3. The number of carbonyl (C=O) groups excluding carboxylic acids is 1. The summed E-state index contributed by atoms with van der Waals surface area (Å²) < 4.78 is 4.82. The first kappa shape index (κ1) is 11.0. The molecule has 2 rings (SSSR count). The van der Waals surface area contributed by atoms with E-state index >= 15 is 0 Å². The lowest BCUT2D eigenvalue weighted by Gasteiger charge is -2.13. The molecule has 0 fully saturated rings. The molecule has 0 radical (unpaired) electrons. The van der Waals surface area contributed by atoms with Crippen LogP contribution in [-0.4, -0.2) is 17.6 Å². The molecule has 3 nitrogen and oxygen atoms in total. The first-order chi connectivity index (χ1) is 6.77. The van der Waals surface area contributed by atoms with Gasteiger partial charge in [-0.1, -0.05) is 25.4 Å². The second-order valence-electron chi connectivity index (χ2n) is 2.51. The number of ether oxygens (including phenoxy) is 1. The molecule has 0 aliphatic carbocycles. The molecular formula is C10H12ClNO2. The number of carbonyl (C=O) groups is 1. The lowest BCUT2D eigenvalue weighted by molar-refractivity contribution is 0.0477. The Bertz CT molecular complexity index is 339. The quantitative estimate of drug-likeness (QED) is 0.491. The Hall–Kier alpha value is -1.09. The number of pyridine rings is 1. The lowest BCUT2D eigenvalue weighted by Crippen LogP contribution is -2.18. The zero-order valence-corrected chi connectivity index (χ0v) is 8.97. The molecule has 2 heterocycles. The van der Waals surface area contributed by atoms with Gasteiger partial charge in [-0.15, -0.1) is 0 Å². The van der Waals surface area contributed by atoms with Gasteiger partial charge in [-0.2, -0.15) is 0 Å². The molecule has 4 heteroatoms. The highest BCUT2D eigenvalue weighted by atomic mass is 35.5. The van der Waals surface area contributed by atoms with Crippen molar-refractivity contribution in [3.05, 3.63) is 28.5 Å². The minimum atomic E-state index is -0.305. The summed E-state index contributed by atoms with van der Waals surface area (Å²) in [6, 6.07) is 3.24. The van der Waals surface area contributed by atoms with E-state index in [0.29, 0.717) is 23.7 Å². The average molecular weight is 214 g/mol. The molecule has 1 aromatic rings. The Morgan fingerprint density at radius 3 is 2.86 bits per heavy atom. The first-order valence-electron chi connectivity index (χ1n) is 4.60. The molecule has 0 aromatic carbocycles. The molecule has 0 saturated carbocycles. The highest BCUT2D eigenvalue weighted by molar-refractivity contribution is 6.29. The van der Waals surface area contributed by atoms with Gasteiger partial charge in [0.1, 0.15) is 5.15 Å². The number of nitrogens with zero attached hydrogens (tertiary/aromatic N) is 1. The minimum Gasteiger partial charge on any atom is -0.462 e. The van der Waals surface area contributed by atoms with Crippen molar-refractivity contribution < 1.29 is 9.53 Å². The van der Waals surface area contributed by atoms with Gasteiger partial charge in [-0.3, -0.25) is 0 Å². The molecule has 1 aliphatic rings. The van der Waals surface area contributed by atoms with Crippen LogP contribution in [0.2, 0.25) is 5.15 Å². The van der Waals surface area contributed by atoms with Crippen molar-refractivity contribution in [2.24, 2.45) is 0 Å². The van der Waals surface area contributed by atoms with Crippen molar-refractivity contribution in [1.82, 2.24) is 4.98 Å². The number of aromatic nitrogens is 1. The van der Waals surface area contributed by atoms with Crippen molar-refractivity contribution in [1.29, 1.82) is 0 Å². The number of cyclic esters (lactones) is 1. The third-order valence-electron chi connectivity index (χ3n) is 1.73. The lowest BCUT2D eigenvalue weighted by atomic mass is 10.1. The fourth-order valence-electron chi connectivity index (χ4n) is 1.17. The Kier molecular flexibility index (Phi) is 3.89. The van der Waals surface area contributed by atoms with Gasteiger partial charge in [0.15, 0.2) is 0 Å². The van der Waals surface area contributed by atoms with Gasteiger partial charge in [0.05, 0.1) is 17.9 Å². The van der Waals surface area contributed by atoms with Gasteiger partial charge in [0.25, 0.3) is 0 Å². The summed E-state index contributed by atoms with van der Waals surface area (Å²) >= 11 is 5.66. The Morgan fingerprint density at radius 1 is 1.43 bits per heavy atom. The standard InChI is InChI=1S/C8H6ClNO2.C2H6/c9-7-2-1-5-6(10-7)3-4-12-8(5)11;1-2/h1-2H,3-4H2;1-2H3. The van der Waals surface area contributed by atoms with Gasteiger partial charge in [-0.05, 0) is 12.1 Å². The van der Waals surface area contributed by atoms with Gasteiger partial charge in [0.2, 0.25) is 0 Å². The average Bonchev–Trinajstić information content (AvgIpc) is 2.21. The normalized spacial score (nSPS) is 13.5. The zero-order chi connectivity index (χ0) is 10.6. The topological polar surface area (TPSA) is 39.2 Å². The number of hydrogen-bond donors (Lipinski definition) is 0. The van der Waals surface area contributed by atoms with Crippen molar-refractivity contribution in [2.45, 2.75) is 20.3 Å². The van der Waals surface area contributed by atoms with E-state index in [0.717, 1.165) is 5.69 Å². The Balaban J connectivity index is 0.000000461. The monoisotopic (exact) mass is 213 g/mol. The van der Waals surface area contributed by atoms with E-state index in [4.69, 9.17) is 16.3 Å². The molecule has 0 atom stereocenters. The summed E-state index contributed by atoms with van der Waals surface area (Å²) in [5.74, 6) is -0.305. The SMILES string of the molecule is CC.O=C1OCCc2nc(Cl)ccc21. The third-order valence-corrected chi connectivity index (χ3v) is 1.94. The fourth-order valence-corrected chi connectivity index (χ4v) is 1.33. The number of rotatable bonds is 0. The minimum absolute atomic E-state index is 0.305. The molecular weight excluding hydrogens is 202 g/mol. The van der Waals surface area contributed by atoms with Crippen LogP contribution in [0, 0.1) is 0 Å². The van der Waals surface area contributed by atoms with Gasteiger partial charge < -0.3 is 4.74 Å². The molecule has 14 heavy (non-hydrogen) atoms. The van der Waals surface area contributed by atoms with E-state index in [-0.39, 0.29) is 5.97 Å². The van der Waals surface area contributed by atoms with Crippen LogP contribution in [0.4, 0.5) is 0 Å². The van der Waals surface area contributed by atoms with E-state index in [1.165, 1.54) is 0 Å². The zero-order valence-electron chi connectivity index (χ0n) is 8.21. The highest BCUT2D eigenvalue weighted by Crippen LogP contribution is 2.16. The summed E-state index contributed by atoms with van der Waals surface area (Å²) in [5.41, 5.74) is 1.27. The molecule has 0 amide bonds. The molecule has 1 aliphatic heterocycles. The van der Waals surface area contributed by atoms with Crippen LogP contribution in [0.3, 0.4) is 0 Å². The van der Waals surface area contributed by atoms with Crippen molar-refractivity contribution in [3.8, 4) is 0 Å². The summed E-state index contributed by atoms with van der Waals surface area (Å²) in [7, 11) is 0. The fraction of sp³-hybridized carbons (Fsp3) is 0.400. The molecule has 0 unspecified atom stereocenters. The first-order valence-corrected chi connectivity index (χ1v) is 4.98. The maximum Gasteiger partial charge on any atom is 0.340 e. The van der Waals surface area contributed by atoms with E-state index < -0.39 is 0 Å². The van der Waals surface area contributed by atoms with Crippen LogP contribution in [0.5, 0.6) is 0 Å². The number of halogens is 1. The highest BCUT2D eigenvalue weighted by Gasteiger charge is 2.19. The largest absolute Gasteiger partial charge is 0.462 e. The second kappa shape index (κ2) is 4.96. The summed E-state index contributed by atoms with van der Waals surface area (Å²) in [5, 5.41) is 0.420. The maximum absolute atomic E-state index is 11.1.